The SMILES string of the molecule is Cc1cc(C)cc(C(=O)NCC(=O)NCC2CCCc3ccccc32)c1. The van der Waals surface area contributed by atoms with Crippen molar-refractivity contribution in [1.29, 1.82) is 0 Å². The van der Waals surface area contributed by atoms with Crippen LogP contribution < -0.4 is 10.6 Å². The minimum Gasteiger partial charge on any atom is -0.354 e. The van der Waals surface area contributed by atoms with Crippen LogP contribution in [0, 0.1) is 13.8 Å². The molecule has 0 heterocycles. The fourth-order valence-corrected chi connectivity index (χ4v) is 3.73. The molecule has 2 N–H and O–H groups in total. The van der Waals surface area contributed by atoms with Gasteiger partial charge in [-0.2, -0.15) is 0 Å². The lowest BCUT2D eigenvalue weighted by Gasteiger charge is -2.25. The smallest absolute Gasteiger partial charge is 0.251 e. The van der Waals surface area contributed by atoms with Crippen molar-refractivity contribution in [3.05, 3.63) is 70.3 Å². The lowest BCUT2D eigenvalue weighted by Crippen LogP contribution is -2.39. The maximum atomic E-state index is 12.2. The number of carbonyl (C=O) groups is 2. The highest BCUT2D eigenvalue weighted by atomic mass is 16.2. The number of nitrogens with one attached hydrogen (secondary N) is 2. The van der Waals surface area contributed by atoms with E-state index in [2.05, 4.69) is 34.9 Å². The van der Waals surface area contributed by atoms with Gasteiger partial charge in [-0.05, 0) is 56.4 Å². The average Bonchev–Trinajstić information content (AvgIpc) is 2.63. The molecule has 0 spiro atoms. The van der Waals surface area contributed by atoms with Gasteiger partial charge in [0.15, 0.2) is 0 Å². The first-order chi connectivity index (χ1) is 12.5. The van der Waals surface area contributed by atoms with Crippen molar-refractivity contribution in [3.63, 3.8) is 0 Å². The summed E-state index contributed by atoms with van der Waals surface area (Å²) in [4.78, 5) is 24.4. The molecule has 4 nitrogen and oxygen atoms in total. The van der Waals surface area contributed by atoms with Crippen molar-refractivity contribution >= 4 is 11.8 Å². The van der Waals surface area contributed by atoms with Crippen molar-refractivity contribution in [2.45, 2.75) is 39.0 Å². The average molecular weight is 350 g/mol. The van der Waals surface area contributed by atoms with Crippen LogP contribution in [0.2, 0.25) is 0 Å². The van der Waals surface area contributed by atoms with Gasteiger partial charge < -0.3 is 10.6 Å². The Balaban J connectivity index is 1.50. The van der Waals surface area contributed by atoms with Gasteiger partial charge >= 0.3 is 0 Å². The summed E-state index contributed by atoms with van der Waals surface area (Å²) in [5.74, 6) is -0.000217. The molecule has 0 saturated heterocycles. The molecular weight excluding hydrogens is 324 g/mol. The fourth-order valence-electron chi connectivity index (χ4n) is 3.73. The zero-order valence-corrected chi connectivity index (χ0v) is 15.5. The topological polar surface area (TPSA) is 58.2 Å². The van der Waals surface area contributed by atoms with Crippen molar-refractivity contribution in [2.75, 3.05) is 13.1 Å². The Kier molecular flexibility index (Phi) is 5.71. The normalized spacial score (nSPS) is 15.8. The summed E-state index contributed by atoms with van der Waals surface area (Å²) in [6.07, 6.45) is 3.36. The van der Waals surface area contributed by atoms with Crippen molar-refractivity contribution in [1.82, 2.24) is 10.6 Å². The minimum absolute atomic E-state index is 0.000188. The van der Waals surface area contributed by atoms with E-state index in [1.807, 2.05) is 32.0 Å². The second-order valence-corrected chi connectivity index (χ2v) is 7.15. The molecule has 3 rings (SSSR count). The summed E-state index contributed by atoms with van der Waals surface area (Å²) < 4.78 is 0. The maximum absolute atomic E-state index is 12.2. The number of hydrogen-bond donors (Lipinski definition) is 2. The van der Waals surface area contributed by atoms with Gasteiger partial charge in [0.05, 0.1) is 6.54 Å². The third-order valence-electron chi connectivity index (χ3n) is 4.93. The molecule has 1 unspecified atom stereocenters. The Bertz CT molecular complexity index is 793. The van der Waals surface area contributed by atoms with Crippen LogP contribution in [-0.2, 0) is 11.2 Å². The number of rotatable bonds is 5. The van der Waals surface area contributed by atoms with Gasteiger partial charge in [0, 0.05) is 18.0 Å². The molecule has 1 aliphatic rings. The summed E-state index contributed by atoms with van der Waals surface area (Å²) in [5, 5.41) is 5.68. The monoisotopic (exact) mass is 350 g/mol. The Morgan fingerprint density at radius 1 is 1.04 bits per heavy atom. The van der Waals surface area contributed by atoms with E-state index in [9.17, 15) is 9.59 Å². The summed E-state index contributed by atoms with van der Waals surface area (Å²) in [7, 11) is 0. The number of fused-ring (bicyclic) bond motifs is 1. The molecule has 0 saturated carbocycles. The van der Waals surface area contributed by atoms with Crippen LogP contribution in [0.15, 0.2) is 42.5 Å². The highest BCUT2D eigenvalue weighted by molar-refractivity contribution is 5.96. The summed E-state index contributed by atoms with van der Waals surface area (Å²) in [6, 6.07) is 14.1. The number of carbonyl (C=O) groups excluding carboxylic acids is 2. The second-order valence-electron chi connectivity index (χ2n) is 7.15. The third kappa shape index (κ3) is 4.51. The molecule has 0 fully saturated rings. The largest absolute Gasteiger partial charge is 0.354 e. The molecule has 2 amide bonds. The van der Waals surface area contributed by atoms with Gasteiger partial charge in [-0.25, -0.2) is 0 Å². The lowest BCUT2D eigenvalue weighted by atomic mass is 9.83. The number of hydrogen-bond acceptors (Lipinski definition) is 2. The highest BCUT2D eigenvalue weighted by Crippen LogP contribution is 2.30. The van der Waals surface area contributed by atoms with E-state index in [-0.39, 0.29) is 18.4 Å². The lowest BCUT2D eigenvalue weighted by molar-refractivity contribution is -0.120. The molecule has 2 aromatic carbocycles. The molecule has 0 bridgehead atoms. The van der Waals surface area contributed by atoms with Crippen LogP contribution in [0.1, 0.15) is 51.4 Å². The quantitative estimate of drug-likeness (QED) is 0.869. The van der Waals surface area contributed by atoms with Crippen LogP contribution in [0.3, 0.4) is 0 Å². The number of benzene rings is 2. The molecule has 1 atom stereocenters. The molecule has 26 heavy (non-hydrogen) atoms. The van der Waals surface area contributed by atoms with Crippen LogP contribution in [0.4, 0.5) is 0 Å². The van der Waals surface area contributed by atoms with E-state index in [1.165, 1.54) is 11.1 Å². The zero-order chi connectivity index (χ0) is 18.5. The second kappa shape index (κ2) is 8.17. The predicted octanol–water partition coefficient (Wildman–Crippen LogP) is 3.27. The van der Waals surface area contributed by atoms with Gasteiger partial charge in [0.2, 0.25) is 5.91 Å². The molecule has 0 radical (unpaired) electrons. The Morgan fingerprint density at radius 2 is 1.77 bits per heavy atom. The molecule has 1 aliphatic carbocycles. The first kappa shape index (κ1) is 18.2. The minimum atomic E-state index is -0.213. The van der Waals surface area contributed by atoms with E-state index >= 15 is 0 Å². The molecule has 4 heteroatoms. The number of amides is 2. The first-order valence-electron chi connectivity index (χ1n) is 9.24. The summed E-state index contributed by atoms with van der Waals surface area (Å²) in [5.41, 5.74) is 5.40. The van der Waals surface area contributed by atoms with E-state index < -0.39 is 0 Å². The van der Waals surface area contributed by atoms with Gasteiger partial charge in [-0.3, -0.25) is 9.59 Å². The standard InChI is InChI=1S/C22H26N2O2/c1-15-10-16(2)12-19(11-15)22(26)24-14-21(25)23-13-18-8-5-7-17-6-3-4-9-20(17)18/h3-4,6,9-12,18H,5,7-8,13-14H2,1-2H3,(H,23,25)(H,24,26). The third-order valence-corrected chi connectivity index (χ3v) is 4.93. The Morgan fingerprint density at radius 3 is 2.54 bits per heavy atom. The molecule has 0 aromatic heterocycles. The van der Waals surface area contributed by atoms with Crippen LogP contribution in [-0.4, -0.2) is 24.9 Å². The maximum Gasteiger partial charge on any atom is 0.251 e. The fraction of sp³-hybridized carbons (Fsp3) is 0.364. The van der Waals surface area contributed by atoms with E-state index in [4.69, 9.17) is 0 Å². The Labute approximate surface area is 155 Å². The zero-order valence-electron chi connectivity index (χ0n) is 15.5. The van der Waals surface area contributed by atoms with Crippen LogP contribution in [0.25, 0.3) is 0 Å². The Hall–Kier alpha value is -2.62. The van der Waals surface area contributed by atoms with E-state index in [0.717, 1.165) is 30.4 Å². The predicted molar refractivity (Wildman–Crippen MR) is 103 cm³/mol. The molecular formula is C22H26N2O2. The van der Waals surface area contributed by atoms with Crippen molar-refractivity contribution in [2.24, 2.45) is 0 Å². The number of aryl methyl sites for hydroxylation is 3. The van der Waals surface area contributed by atoms with Gasteiger partial charge in [-0.15, -0.1) is 0 Å². The van der Waals surface area contributed by atoms with Gasteiger partial charge in [0.25, 0.3) is 5.91 Å². The molecule has 0 aliphatic heterocycles. The van der Waals surface area contributed by atoms with E-state index in [1.54, 1.807) is 0 Å². The van der Waals surface area contributed by atoms with E-state index in [0.29, 0.717) is 18.0 Å². The first-order valence-corrected chi connectivity index (χ1v) is 9.24. The highest BCUT2D eigenvalue weighted by Gasteiger charge is 2.20. The molecule has 2 aromatic rings. The van der Waals surface area contributed by atoms with Crippen molar-refractivity contribution < 1.29 is 9.59 Å². The van der Waals surface area contributed by atoms with Crippen LogP contribution in [0.5, 0.6) is 0 Å². The molecule has 136 valence electrons. The van der Waals surface area contributed by atoms with Crippen LogP contribution >= 0.6 is 0 Å². The van der Waals surface area contributed by atoms with Gasteiger partial charge in [-0.1, -0.05) is 41.5 Å². The van der Waals surface area contributed by atoms with Crippen molar-refractivity contribution in [3.8, 4) is 0 Å². The summed E-state index contributed by atoms with van der Waals surface area (Å²) >= 11 is 0. The van der Waals surface area contributed by atoms with Gasteiger partial charge in [0.1, 0.15) is 0 Å². The summed E-state index contributed by atoms with van der Waals surface area (Å²) in [6.45, 7) is 4.53.